The van der Waals surface area contributed by atoms with Crippen LogP contribution in [0.1, 0.15) is 66.5 Å². The van der Waals surface area contributed by atoms with Gasteiger partial charge in [0.25, 0.3) is 0 Å². The third-order valence-electron chi connectivity index (χ3n) is 7.79. The van der Waals surface area contributed by atoms with Gasteiger partial charge in [-0.2, -0.15) is 0 Å². The van der Waals surface area contributed by atoms with Crippen LogP contribution < -0.4 is 0 Å². The van der Waals surface area contributed by atoms with E-state index in [1.165, 1.54) is 4.90 Å². The number of rotatable bonds is 6. The molecule has 10 heteroatoms. The number of hydrogen-bond donors (Lipinski definition) is 1. The van der Waals surface area contributed by atoms with Gasteiger partial charge in [0, 0.05) is 6.54 Å². The summed E-state index contributed by atoms with van der Waals surface area (Å²) in [4.78, 5) is 41.9. The second-order valence-corrected chi connectivity index (χ2v) is 17.7. The van der Waals surface area contributed by atoms with E-state index in [1.54, 1.807) is 27.7 Å². The average Bonchev–Trinajstić information content (AvgIpc) is 3.39. The van der Waals surface area contributed by atoms with Crippen LogP contribution in [0.2, 0.25) is 18.1 Å². The lowest BCUT2D eigenvalue weighted by Gasteiger charge is -2.38. The lowest BCUT2D eigenvalue weighted by Crippen LogP contribution is -2.51. The third-order valence-corrected chi connectivity index (χ3v) is 12.3. The van der Waals surface area contributed by atoms with Gasteiger partial charge in [-0.15, -0.1) is 0 Å². The van der Waals surface area contributed by atoms with Gasteiger partial charge in [0.05, 0.1) is 24.2 Å². The molecule has 5 atom stereocenters. The maximum Gasteiger partial charge on any atom is 0.417 e. The van der Waals surface area contributed by atoms with E-state index in [9.17, 15) is 19.5 Å². The van der Waals surface area contributed by atoms with Crippen molar-refractivity contribution in [2.75, 3.05) is 13.2 Å². The van der Waals surface area contributed by atoms with Gasteiger partial charge in [-0.3, -0.25) is 9.69 Å². The Hall–Kier alpha value is -2.43. The van der Waals surface area contributed by atoms with Crippen molar-refractivity contribution in [3.63, 3.8) is 0 Å². The van der Waals surface area contributed by atoms with Crippen LogP contribution in [0.15, 0.2) is 30.3 Å². The minimum Gasteiger partial charge on any atom is -0.446 e. The first-order chi connectivity index (χ1) is 17.4. The van der Waals surface area contributed by atoms with Crippen molar-refractivity contribution >= 4 is 26.4 Å². The third kappa shape index (κ3) is 6.58. The number of imide groups is 1. The monoisotopic (exact) mass is 548 g/mol. The molecule has 2 heterocycles. The number of benzene rings is 1. The first kappa shape index (κ1) is 30.1. The van der Waals surface area contributed by atoms with E-state index in [0.717, 1.165) is 10.5 Å². The van der Waals surface area contributed by atoms with Crippen molar-refractivity contribution in [1.82, 2.24) is 9.80 Å². The van der Waals surface area contributed by atoms with E-state index in [-0.39, 0.29) is 24.3 Å². The molecule has 2 aliphatic rings. The van der Waals surface area contributed by atoms with Crippen molar-refractivity contribution in [3.8, 4) is 0 Å². The van der Waals surface area contributed by atoms with Crippen LogP contribution in [0.5, 0.6) is 0 Å². The van der Waals surface area contributed by atoms with Gasteiger partial charge >= 0.3 is 12.2 Å². The van der Waals surface area contributed by atoms with E-state index in [0.29, 0.717) is 6.42 Å². The highest BCUT2D eigenvalue weighted by atomic mass is 28.4. The van der Waals surface area contributed by atoms with Crippen LogP contribution in [-0.2, 0) is 18.7 Å². The summed E-state index contributed by atoms with van der Waals surface area (Å²) in [6, 6.07) is 7.89. The van der Waals surface area contributed by atoms with Crippen LogP contribution in [0.25, 0.3) is 0 Å². The largest absolute Gasteiger partial charge is 0.446 e. The fraction of sp³-hybridized carbons (Fsp3) is 0.679. The Kier molecular flexibility index (Phi) is 8.70. The van der Waals surface area contributed by atoms with Gasteiger partial charge in [-0.1, -0.05) is 58.0 Å². The summed E-state index contributed by atoms with van der Waals surface area (Å²) in [6.45, 7) is 17.9. The van der Waals surface area contributed by atoms with Crippen molar-refractivity contribution in [3.05, 3.63) is 35.9 Å². The molecular formula is C28H44N2O7Si. The van der Waals surface area contributed by atoms with Crippen LogP contribution in [0.4, 0.5) is 9.59 Å². The Bertz CT molecular complexity index is 1020. The fourth-order valence-electron chi connectivity index (χ4n) is 4.64. The topological polar surface area (TPSA) is 106 Å². The zero-order valence-corrected chi connectivity index (χ0v) is 25.2. The van der Waals surface area contributed by atoms with Crippen LogP contribution in [0, 0.1) is 5.92 Å². The van der Waals surface area contributed by atoms with E-state index in [1.807, 2.05) is 30.3 Å². The molecule has 0 bridgehead atoms. The van der Waals surface area contributed by atoms with Crippen molar-refractivity contribution < 1.29 is 33.4 Å². The normalized spacial score (nSPS) is 24.3. The van der Waals surface area contributed by atoms with E-state index >= 15 is 0 Å². The molecule has 0 aromatic heterocycles. The van der Waals surface area contributed by atoms with Crippen LogP contribution in [0.3, 0.4) is 0 Å². The Morgan fingerprint density at radius 3 is 2.26 bits per heavy atom. The maximum atomic E-state index is 13.6. The highest BCUT2D eigenvalue weighted by molar-refractivity contribution is 6.74. The molecule has 3 amide bonds. The van der Waals surface area contributed by atoms with Gasteiger partial charge in [-0.25, -0.2) is 14.5 Å². The first-order valence-electron chi connectivity index (χ1n) is 13.3. The maximum absolute atomic E-state index is 13.6. The molecule has 38 heavy (non-hydrogen) atoms. The average molecular weight is 549 g/mol. The number of carbonyl (C=O) groups excluding carboxylic acids is 3. The molecule has 0 aliphatic carbocycles. The van der Waals surface area contributed by atoms with Crippen LogP contribution >= 0.6 is 0 Å². The lowest BCUT2D eigenvalue weighted by atomic mass is 9.93. The number of aliphatic hydroxyl groups is 1. The molecule has 2 fully saturated rings. The van der Waals surface area contributed by atoms with Gasteiger partial charge in [0.2, 0.25) is 5.91 Å². The summed E-state index contributed by atoms with van der Waals surface area (Å²) >= 11 is 0. The molecule has 3 rings (SSSR count). The van der Waals surface area contributed by atoms with Crippen molar-refractivity contribution in [2.24, 2.45) is 5.92 Å². The number of likely N-dealkylation sites (tertiary alicyclic amines) is 1. The molecular weight excluding hydrogens is 504 g/mol. The second-order valence-electron chi connectivity index (χ2n) is 12.9. The SMILES string of the molecule is C[C@@H](C(=O)N1C(=O)OC[C@H]1c1ccccc1)[C@@H](O)[C@@H]1C[C@@H](O[Si](C)(C)C(C)(C)C)CN1C(=O)OC(C)(C)C. The smallest absolute Gasteiger partial charge is 0.417 e. The Balaban J connectivity index is 1.84. The zero-order valence-electron chi connectivity index (χ0n) is 24.2. The number of ether oxygens (including phenoxy) is 2. The zero-order chi connectivity index (χ0) is 28.6. The first-order valence-corrected chi connectivity index (χ1v) is 16.2. The number of nitrogens with zero attached hydrogens (tertiary/aromatic N) is 2. The molecule has 9 nitrogen and oxygen atoms in total. The molecule has 0 radical (unpaired) electrons. The summed E-state index contributed by atoms with van der Waals surface area (Å²) in [7, 11) is -2.17. The highest BCUT2D eigenvalue weighted by Gasteiger charge is 2.49. The minimum atomic E-state index is -2.17. The lowest BCUT2D eigenvalue weighted by molar-refractivity contribution is -0.138. The van der Waals surface area contributed by atoms with Gasteiger partial charge in [-0.05, 0) is 50.9 Å². The molecule has 0 saturated carbocycles. The molecule has 0 spiro atoms. The van der Waals surface area contributed by atoms with Gasteiger partial charge in [0.15, 0.2) is 8.32 Å². The molecule has 2 aliphatic heterocycles. The van der Waals surface area contributed by atoms with E-state index in [4.69, 9.17) is 13.9 Å². The van der Waals surface area contributed by atoms with Crippen molar-refractivity contribution in [1.29, 1.82) is 0 Å². The molecule has 1 aromatic carbocycles. The summed E-state index contributed by atoms with van der Waals surface area (Å²) in [5.74, 6) is -1.53. The highest BCUT2D eigenvalue weighted by Crippen LogP contribution is 2.40. The predicted octanol–water partition coefficient (Wildman–Crippen LogP) is 5.10. The second kappa shape index (κ2) is 11.0. The molecule has 212 valence electrons. The standard InChI is InChI=1S/C28H44N2O7Si/c1-18(24(32)30-22(17-35-26(30)34)19-13-11-10-12-14-19)23(31)21-15-20(37-38(8,9)28(5,6)7)16-29(21)25(33)36-27(2,3)4/h10-14,18,20-23,31H,15-17H2,1-9H3/t18-,20-,21+,22+,23-/m1/s1. The predicted molar refractivity (Wildman–Crippen MR) is 146 cm³/mol. The number of aliphatic hydroxyl groups excluding tert-OH is 1. The molecule has 1 N–H and O–H groups in total. The number of cyclic esters (lactones) is 1. The Morgan fingerprint density at radius 2 is 1.71 bits per heavy atom. The summed E-state index contributed by atoms with van der Waals surface area (Å²) < 4.78 is 17.4. The summed E-state index contributed by atoms with van der Waals surface area (Å²) in [5.41, 5.74) is 0.0432. The Labute approximate surface area is 227 Å². The molecule has 2 saturated heterocycles. The van der Waals surface area contributed by atoms with E-state index < -0.39 is 56.1 Å². The van der Waals surface area contributed by atoms with Gasteiger partial charge in [0.1, 0.15) is 18.2 Å². The minimum absolute atomic E-state index is 0.0354. The quantitative estimate of drug-likeness (QED) is 0.493. The van der Waals surface area contributed by atoms with Gasteiger partial charge < -0.3 is 19.0 Å². The summed E-state index contributed by atoms with van der Waals surface area (Å²) in [5, 5.41) is 11.5. The fourth-order valence-corrected chi connectivity index (χ4v) is 6.00. The Morgan fingerprint density at radius 1 is 1.11 bits per heavy atom. The number of amides is 3. The molecule has 0 unspecified atom stereocenters. The van der Waals surface area contributed by atoms with Crippen molar-refractivity contribution in [2.45, 2.75) is 103 Å². The summed E-state index contributed by atoms with van der Waals surface area (Å²) in [6.07, 6.45) is -2.49. The molecule has 1 aromatic rings. The number of carbonyl (C=O) groups is 3. The van der Waals surface area contributed by atoms with E-state index in [2.05, 4.69) is 33.9 Å². The van der Waals surface area contributed by atoms with Crippen LogP contribution in [-0.4, -0.2) is 78.3 Å². The number of hydrogen-bond acceptors (Lipinski definition) is 7.